The van der Waals surface area contributed by atoms with Crippen LogP contribution in [-0.4, -0.2) is 22.1 Å². The van der Waals surface area contributed by atoms with E-state index in [2.05, 4.69) is 0 Å². The summed E-state index contributed by atoms with van der Waals surface area (Å²) >= 11 is 0. The lowest BCUT2D eigenvalue weighted by molar-refractivity contribution is -0.386. The van der Waals surface area contributed by atoms with Gasteiger partial charge in [-0.25, -0.2) is 9.18 Å². The fourth-order valence-electron chi connectivity index (χ4n) is 2.88. The van der Waals surface area contributed by atoms with Gasteiger partial charge in [-0.1, -0.05) is 0 Å². The highest BCUT2D eigenvalue weighted by Gasteiger charge is 2.35. The zero-order valence-corrected chi connectivity index (χ0v) is 13.5. The molecule has 0 aliphatic heterocycles. The van der Waals surface area contributed by atoms with E-state index in [1.165, 1.54) is 17.7 Å². The van der Waals surface area contributed by atoms with Crippen LogP contribution >= 0.6 is 0 Å². The number of nitrogens with zero attached hydrogens (tertiary/aromatic N) is 2. The second-order valence-corrected chi connectivity index (χ2v) is 5.81. The molecule has 1 fully saturated rings. The Morgan fingerprint density at radius 1 is 1.40 bits per heavy atom. The monoisotopic (exact) mass is 352 g/mol. The molecule has 1 aliphatic carbocycles. The van der Waals surface area contributed by atoms with Crippen molar-refractivity contribution in [3.05, 3.63) is 49.3 Å². The molecule has 0 atom stereocenters. The van der Waals surface area contributed by atoms with Gasteiger partial charge in [-0.15, -0.1) is 0 Å². The number of halogens is 2. The average molecular weight is 352 g/mol. The summed E-state index contributed by atoms with van der Waals surface area (Å²) in [6, 6.07) is -0.139. The minimum atomic E-state index is -1.71. The lowest BCUT2D eigenvalue weighted by atomic mass is 10.0. The van der Waals surface area contributed by atoms with Crippen LogP contribution in [-0.2, 0) is 4.74 Å². The molecule has 1 heterocycles. The number of aromatic nitrogens is 1. The third kappa shape index (κ3) is 2.55. The Bertz CT molecular complexity index is 979. The van der Waals surface area contributed by atoms with E-state index in [0.29, 0.717) is 12.8 Å². The third-order valence-electron chi connectivity index (χ3n) is 4.17. The van der Waals surface area contributed by atoms with E-state index >= 15 is 0 Å². The lowest BCUT2D eigenvalue weighted by Crippen LogP contribution is -2.23. The SMILES string of the molecule is CCOC(=O)c1cn(C2CC2)c2c(C)c(F)c(F)c([N+](=O)[O-])c2c1=O. The number of aryl methyl sites for hydroxylation is 1. The number of hydrogen-bond acceptors (Lipinski definition) is 5. The van der Waals surface area contributed by atoms with Crippen molar-refractivity contribution in [3.8, 4) is 0 Å². The highest BCUT2D eigenvalue weighted by atomic mass is 19.2. The van der Waals surface area contributed by atoms with Crippen LogP contribution in [0.4, 0.5) is 14.5 Å². The van der Waals surface area contributed by atoms with Crippen LogP contribution in [0.3, 0.4) is 0 Å². The predicted octanol–water partition coefficient (Wildman–Crippen LogP) is 3.01. The molecule has 0 bridgehead atoms. The Balaban J connectivity index is 2.53. The minimum Gasteiger partial charge on any atom is -0.462 e. The number of carbonyl (C=O) groups is 1. The summed E-state index contributed by atoms with van der Waals surface area (Å²) in [5.74, 6) is -4.05. The number of nitro benzene ring substituents is 1. The fraction of sp³-hybridized carbons (Fsp3) is 0.375. The molecule has 0 spiro atoms. The van der Waals surface area contributed by atoms with E-state index < -0.39 is 44.6 Å². The van der Waals surface area contributed by atoms with Gasteiger partial charge >= 0.3 is 11.7 Å². The van der Waals surface area contributed by atoms with Crippen molar-refractivity contribution in [1.82, 2.24) is 4.57 Å². The Kier molecular flexibility index (Phi) is 4.02. The van der Waals surface area contributed by atoms with E-state index in [0.717, 1.165) is 0 Å². The summed E-state index contributed by atoms with van der Waals surface area (Å²) in [4.78, 5) is 34.9. The van der Waals surface area contributed by atoms with Gasteiger partial charge in [-0.2, -0.15) is 4.39 Å². The van der Waals surface area contributed by atoms with Crippen molar-refractivity contribution < 1.29 is 23.2 Å². The number of esters is 1. The summed E-state index contributed by atoms with van der Waals surface area (Å²) in [6.45, 7) is 2.78. The molecule has 1 saturated carbocycles. The molecule has 7 nitrogen and oxygen atoms in total. The zero-order chi connectivity index (χ0) is 18.5. The standard InChI is InChI=1S/C16H14F2N2O5/c1-3-25-16(22)9-6-19(8-4-5-8)13-7(2)11(17)12(18)14(20(23)24)10(13)15(9)21/h6,8H,3-5H2,1-2H3. The van der Waals surface area contributed by atoms with Crippen LogP contribution in [0.1, 0.15) is 41.7 Å². The summed E-state index contributed by atoms with van der Waals surface area (Å²) in [7, 11) is 0. The summed E-state index contributed by atoms with van der Waals surface area (Å²) in [5, 5.41) is 10.7. The topological polar surface area (TPSA) is 91.4 Å². The first-order chi connectivity index (χ1) is 11.8. The van der Waals surface area contributed by atoms with Gasteiger partial charge in [-0.3, -0.25) is 14.9 Å². The van der Waals surface area contributed by atoms with Crippen molar-refractivity contribution in [2.24, 2.45) is 0 Å². The van der Waals surface area contributed by atoms with Gasteiger partial charge in [0.1, 0.15) is 10.9 Å². The van der Waals surface area contributed by atoms with Gasteiger partial charge in [0, 0.05) is 17.8 Å². The van der Waals surface area contributed by atoms with E-state index in [1.807, 2.05) is 0 Å². The van der Waals surface area contributed by atoms with E-state index in [9.17, 15) is 28.5 Å². The smallest absolute Gasteiger partial charge is 0.343 e. The highest BCUT2D eigenvalue weighted by Crippen LogP contribution is 2.40. The lowest BCUT2D eigenvalue weighted by Gasteiger charge is -2.15. The molecule has 132 valence electrons. The molecule has 3 rings (SSSR count). The van der Waals surface area contributed by atoms with Gasteiger partial charge in [0.2, 0.25) is 11.2 Å². The van der Waals surface area contributed by atoms with Gasteiger partial charge in [0.25, 0.3) is 0 Å². The normalized spacial score (nSPS) is 13.9. The molecule has 0 saturated heterocycles. The Labute approximate surface area is 140 Å². The highest BCUT2D eigenvalue weighted by molar-refractivity contribution is 5.98. The van der Waals surface area contributed by atoms with Crippen molar-refractivity contribution in [2.75, 3.05) is 6.61 Å². The van der Waals surface area contributed by atoms with Gasteiger partial charge in [0.05, 0.1) is 17.0 Å². The Morgan fingerprint density at radius 2 is 2.04 bits per heavy atom. The molecule has 1 aromatic carbocycles. The van der Waals surface area contributed by atoms with Crippen LogP contribution in [0.15, 0.2) is 11.0 Å². The fourth-order valence-corrected chi connectivity index (χ4v) is 2.88. The second-order valence-electron chi connectivity index (χ2n) is 5.81. The molecule has 0 radical (unpaired) electrons. The summed E-state index contributed by atoms with van der Waals surface area (Å²) in [6.07, 6.45) is 2.62. The van der Waals surface area contributed by atoms with Gasteiger partial charge in [-0.05, 0) is 26.7 Å². The maximum atomic E-state index is 14.2. The van der Waals surface area contributed by atoms with Crippen LogP contribution in [0, 0.1) is 28.7 Å². The molecule has 1 aliphatic rings. The van der Waals surface area contributed by atoms with Crippen molar-refractivity contribution >= 4 is 22.6 Å². The van der Waals surface area contributed by atoms with E-state index in [4.69, 9.17) is 4.74 Å². The molecule has 0 unspecified atom stereocenters. The minimum absolute atomic E-state index is 0.00135. The first-order valence-corrected chi connectivity index (χ1v) is 7.67. The molecule has 0 amide bonds. The Hall–Kier alpha value is -2.84. The number of fused-ring (bicyclic) bond motifs is 1. The van der Waals surface area contributed by atoms with Crippen molar-refractivity contribution in [3.63, 3.8) is 0 Å². The average Bonchev–Trinajstić information content (AvgIpc) is 3.38. The number of nitro groups is 1. The molecule has 0 N–H and O–H groups in total. The van der Waals surface area contributed by atoms with E-state index in [-0.39, 0.29) is 23.7 Å². The van der Waals surface area contributed by atoms with Gasteiger partial charge < -0.3 is 9.30 Å². The number of carbonyl (C=O) groups excluding carboxylic acids is 1. The molecular weight excluding hydrogens is 338 g/mol. The largest absolute Gasteiger partial charge is 0.462 e. The Morgan fingerprint density at radius 3 is 2.56 bits per heavy atom. The van der Waals surface area contributed by atoms with Crippen molar-refractivity contribution in [2.45, 2.75) is 32.7 Å². The first kappa shape index (κ1) is 17.0. The molecule has 25 heavy (non-hydrogen) atoms. The van der Waals surface area contributed by atoms with Crippen LogP contribution in [0.25, 0.3) is 10.9 Å². The molecule has 9 heteroatoms. The van der Waals surface area contributed by atoms with E-state index in [1.54, 1.807) is 6.92 Å². The predicted molar refractivity (Wildman–Crippen MR) is 83.7 cm³/mol. The quantitative estimate of drug-likeness (QED) is 0.479. The zero-order valence-electron chi connectivity index (χ0n) is 13.5. The first-order valence-electron chi connectivity index (χ1n) is 7.67. The van der Waals surface area contributed by atoms with Crippen LogP contribution < -0.4 is 5.43 Å². The third-order valence-corrected chi connectivity index (χ3v) is 4.17. The number of rotatable bonds is 4. The molecule has 1 aromatic heterocycles. The molecular formula is C16H14F2N2O5. The summed E-state index contributed by atoms with van der Waals surface area (Å²) in [5.41, 5.74) is -3.01. The molecule has 2 aromatic rings. The maximum absolute atomic E-state index is 14.2. The number of ether oxygens (including phenoxy) is 1. The second kappa shape index (κ2) is 5.91. The number of pyridine rings is 1. The van der Waals surface area contributed by atoms with Gasteiger partial charge in [0.15, 0.2) is 5.82 Å². The number of hydrogen-bond donors (Lipinski definition) is 0. The summed E-state index contributed by atoms with van der Waals surface area (Å²) < 4.78 is 34.6. The number of benzene rings is 1. The van der Waals surface area contributed by atoms with Crippen LogP contribution in [0.5, 0.6) is 0 Å². The van der Waals surface area contributed by atoms with Crippen LogP contribution in [0.2, 0.25) is 0 Å². The van der Waals surface area contributed by atoms with Crippen molar-refractivity contribution in [1.29, 1.82) is 0 Å². The maximum Gasteiger partial charge on any atom is 0.343 e.